The van der Waals surface area contributed by atoms with Gasteiger partial charge in [-0.15, -0.1) is 0 Å². The summed E-state index contributed by atoms with van der Waals surface area (Å²) in [6.45, 7) is 6.43. The van der Waals surface area contributed by atoms with E-state index in [1.54, 1.807) is 14.7 Å². The van der Waals surface area contributed by atoms with Crippen molar-refractivity contribution in [3.8, 4) is 0 Å². The Labute approximate surface area is 70.2 Å². The monoisotopic (exact) mass is 152 g/mol. The molecule has 5 heteroatoms. The molecule has 0 spiro atoms. The zero-order chi connectivity index (χ0) is 8.10. The quantitative estimate of drug-likeness (QED) is 0.504. The van der Waals surface area contributed by atoms with Gasteiger partial charge in [-0.2, -0.15) is 0 Å². The van der Waals surface area contributed by atoms with Crippen molar-refractivity contribution in [2.75, 3.05) is 33.3 Å². The maximum absolute atomic E-state index is 4.92. The van der Waals surface area contributed by atoms with Gasteiger partial charge in [0, 0.05) is 20.2 Å². The van der Waals surface area contributed by atoms with Gasteiger partial charge in [-0.1, -0.05) is 6.82 Å². The van der Waals surface area contributed by atoms with Crippen molar-refractivity contribution in [1.82, 2.24) is 9.62 Å². The van der Waals surface area contributed by atoms with E-state index >= 15 is 0 Å². The van der Waals surface area contributed by atoms with Gasteiger partial charge in [-0.3, -0.25) is 0 Å². The van der Waals surface area contributed by atoms with E-state index < -0.39 is 0 Å². The van der Waals surface area contributed by atoms with Crippen molar-refractivity contribution in [2.24, 2.45) is 0 Å². The summed E-state index contributed by atoms with van der Waals surface area (Å²) in [6, 6.07) is 0. The van der Waals surface area contributed by atoms with E-state index in [2.05, 4.69) is 23.9 Å². The number of hydrogen-bond donors (Lipinski definition) is 0. The fourth-order valence-electron chi connectivity index (χ4n) is 1.25. The van der Waals surface area contributed by atoms with Crippen LogP contribution >= 0.6 is 0 Å². The molecule has 0 unspecified atom stereocenters. The van der Waals surface area contributed by atoms with Gasteiger partial charge >= 0.3 is 7.62 Å². The van der Waals surface area contributed by atoms with Crippen LogP contribution in [0.1, 0.15) is 0 Å². The molecule has 1 saturated heterocycles. The lowest BCUT2D eigenvalue weighted by Gasteiger charge is -2.32. The second-order valence-corrected chi connectivity index (χ2v) is 2.67. The number of nitrogens with zero attached hydrogens (tertiary/aromatic N) is 2. The third-order valence-electron chi connectivity index (χ3n) is 1.97. The standard InChI is InChI=1S/C6H14B2N2O/c1-7-9-3-5-10(6-4-9)8-11-2/h3-6H2,1-2H3. The van der Waals surface area contributed by atoms with Crippen molar-refractivity contribution in [3.05, 3.63) is 0 Å². The van der Waals surface area contributed by atoms with Crippen LogP contribution in [-0.4, -0.2) is 57.9 Å². The van der Waals surface area contributed by atoms with Crippen molar-refractivity contribution in [1.29, 1.82) is 0 Å². The van der Waals surface area contributed by atoms with Crippen LogP contribution in [0.3, 0.4) is 0 Å². The maximum atomic E-state index is 4.92. The molecule has 1 rings (SSSR count). The highest BCUT2D eigenvalue weighted by Gasteiger charge is 2.15. The van der Waals surface area contributed by atoms with E-state index in [4.69, 9.17) is 4.65 Å². The van der Waals surface area contributed by atoms with Crippen molar-refractivity contribution in [3.63, 3.8) is 0 Å². The molecule has 2 radical (unpaired) electrons. The van der Waals surface area contributed by atoms with Crippen molar-refractivity contribution in [2.45, 2.75) is 6.82 Å². The predicted molar refractivity (Wildman–Crippen MR) is 47.5 cm³/mol. The molecular weight excluding hydrogens is 138 g/mol. The Kier molecular flexibility index (Phi) is 3.97. The third-order valence-corrected chi connectivity index (χ3v) is 1.97. The van der Waals surface area contributed by atoms with E-state index in [1.165, 1.54) is 0 Å². The lowest BCUT2D eigenvalue weighted by Crippen LogP contribution is -2.48. The summed E-state index contributed by atoms with van der Waals surface area (Å²) in [5, 5.41) is 0. The molecule has 11 heavy (non-hydrogen) atoms. The average Bonchev–Trinajstić information content (AvgIpc) is 2.07. The van der Waals surface area contributed by atoms with Gasteiger partial charge < -0.3 is 14.3 Å². The van der Waals surface area contributed by atoms with Gasteiger partial charge in [0.25, 0.3) is 0 Å². The molecule has 0 aromatic heterocycles. The molecule has 0 aliphatic carbocycles. The molecule has 0 saturated carbocycles. The zero-order valence-corrected chi connectivity index (χ0v) is 7.29. The largest absolute Gasteiger partial charge is 0.427 e. The first kappa shape index (κ1) is 9.10. The molecule has 0 N–H and O–H groups in total. The van der Waals surface area contributed by atoms with Crippen LogP contribution in [0.5, 0.6) is 0 Å². The normalized spacial score (nSPS) is 21.6. The van der Waals surface area contributed by atoms with E-state index in [9.17, 15) is 0 Å². The highest BCUT2D eigenvalue weighted by atomic mass is 16.4. The topological polar surface area (TPSA) is 15.7 Å². The second kappa shape index (κ2) is 4.80. The van der Waals surface area contributed by atoms with Crippen molar-refractivity contribution >= 4 is 15.0 Å². The minimum absolute atomic E-state index is 1.07. The first-order valence-electron chi connectivity index (χ1n) is 4.00. The third kappa shape index (κ3) is 2.85. The van der Waals surface area contributed by atoms with Crippen molar-refractivity contribution < 1.29 is 4.65 Å². The van der Waals surface area contributed by atoms with Crippen LogP contribution in [0.2, 0.25) is 6.82 Å². The Morgan fingerprint density at radius 2 is 1.64 bits per heavy atom. The van der Waals surface area contributed by atoms with E-state index in [-0.39, 0.29) is 0 Å². The molecule has 0 atom stereocenters. The molecule has 3 nitrogen and oxygen atoms in total. The van der Waals surface area contributed by atoms with E-state index in [1.807, 2.05) is 0 Å². The van der Waals surface area contributed by atoms with Crippen LogP contribution in [0.4, 0.5) is 0 Å². The summed E-state index contributed by atoms with van der Waals surface area (Å²) in [7, 11) is 5.63. The minimum Gasteiger partial charge on any atom is -0.427 e. The molecule has 1 heterocycles. The zero-order valence-electron chi connectivity index (χ0n) is 7.29. The number of piperazine rings is 1. The fourth-order valence-corrected chi connectivity index (χ4v) is 1.25. The Hall–Kier alpha value is 0.00987. The Morgan fingerprint density at radius 3 is 2.09 bits per heavy atom. The average molecular weight is 152 g/mol. The SMILES string of the molecule is C[B]N1CCN([B]OC)CC1. The molecule has 0 aromatic rings. The highest BCUT2D eigenvalue weighted by Crippen LogP contribution is 1.97. The van der Waals surface area contributed by atoms with Gasteiger partial charge in [0.1, 0.15) is 0 Å². The van der Waals surface area contributed by atoms with E-state index in [0.717, 1.165) is 26.2 Å². The summed E-state index contributed by atoms with van der Waals surface area (Å²) in [4.78, 5) is 4.51. The molecule has 60 valence electrons. The van der Waals surface area contributed by atoms with Crippen LogP contribution < -0.4 is 0 Å². The van der Waals surface area contributed by atoms with Crippen LogP contribution in [-0.2, 0) is 4.65 Å². The molecule has 0 bridgehead atoms. The maximum Gasteiger partial charge on any atom is 0.398 e. The highest BCUT2D eigenvalue weighted by molar-refractivity contribution is 6.30. The van der Waals surface area contributed by atoms with Crippen LogP contribution in [0.15, 0.2) is 0 Å². The Balaban J connectivity index is 2.14. The molecular formula is C6H14B2N2O. The molecule has 0 amide bonds. The minimum atomic E-state index is 1.07. The van der Waals surface area contributed by atoms with Crippen LogP contribution in [0, 0.1) is 0 Å². The predicted octanol–water partition coefficient (Wildman–Crippen LogP) is -0.548. The van der Waals surface area contributed by atoms with Gasteiger partial charge in [0.05, 0.1) is 0 Å². The van der Waals surface area contributed by atoms with Gasteiger partial charge in [0.15, 0.2) is 0 Å². The molecule has 1 aliphatic heterocycles. The first-order chi connectivity index (χ1) is 5.36. The molecule has 1 aliphatic rings. The van der Waals surface area contributed by atoms with Crippen LogP contribution in [0.25, 0.3) is 0 Å². The Morgan fingerprint density at radius 1 is 1.09 bits per heavy atom. The lowest BCUT2D eigenvalue weighted by atomic mass is 9.94. The fraction of sp³-hybridized carbons (Fsp3) is 1.00. The summed E-state index contributed by atoms with van der Waals surface area (Å²) in [6.07, 6.45) is 0. The summed E-state index contributed by atoms with van der Waals surface area (Å²) < 4.78 is 4.92. The number of hydrogen-bond acceptors (Lipinski definition) is 3. The first-order valence-corrected chi connectivity index (χ1v) is 4.00. The summed E-state index contributed by atoms with van der Waals surface area (Å²) in [5.74, 6) is 0. The second-order valence-electron chi connectivity index (χ2n) is 2.67. The summed E-state index contributed by atoms with van der Waals surface area (Å²) >= 11 is 0. The lowest BCUT2D eigenvalue weighted by molar-refractivity contribution is 0.251. The van der Waals surface area contributed by atoms with E-state index in [0.29, 0.717) is 0 Å². The summed E-state index contributed by atoms with van der Waals surface area (Å²) in [5.41, 5.74) is 0. The van der Waals surface area contributed by atoms with Gasteiger partial charge in [-0.05, 0) is 13.1 Å². The van der Waals surface area contributed by atoms with Gasteiger partial charge in [-0.25, -0.2) is 0 Å². The Bertz CT molecular complexity index is 107. The molecule has 0 aromatic carbocycles. The smallest absolute Gasteiger partial charge is 0.398 e. The molecule has 1 fully saturated rings. The van der Waals surface area contributed by atoms with Gasteiger partial charge in [0.2, 0.25) is 7.41 Å². The number of rotatable bonds is 3.